The molecule has 0 fully saturated rings. The Morgan fingerprint density at radius 1 is 1.41 bits per heavy atom. The Morgan fingerprint density at radius 3 is 2.53 bits per heavy atom. The maximum Gasteiger partial charge on any atom is 0.225 e. The topological polar surface area (TPSA) is 52.8 Å². The number of alkyl halides is 1. The van der Waals surface area contributed by atoms with E-state index in [9.17, 15) is 0 Å². The minimum absolute atomic E-state index is 0.496. The highest BCUT2D eigenvalue weighted by atomic mass is 79.9. The molecule has 0 saturated heterocycles. The first-order valence-corrected chi connectivity index (χ1v) is 6.78. The minimum atomic E-state index is 0.496. The summed E-state index contributed by atoms with van der Waals surface area (Å²) in [6.45, 7) is 5.84. The van der Waals surface area contributed by atoms with Gasteiger partial charge in [-0.2, -0.15) is 5.26 Å². The van der Waals surface area contributed by atoms with Crippen molar-refractivity contribution in [2.24, 2.45) is 5.92 Å². The van der Waals surface area contributed by atoms with Gasteiger partial charge in [0.05, 0.1) is 12.5 Å². The van der Waals surface area contributed by atoms with E-state index in [1.807, 2.05) is 12.4 Å². The highest BCUT2D eigenvalue weighted by Gasteiger charge is 2.10. The predicted molar refractivity (Wildman–Crippen MR) is 71.9 cm³/mol. The van der Waals surface area contributed by atoms with Gasteiger partial charge < -0.3 is 4.90 Å². The zero-order chi connectivity index (χ0) is 12.7. The van der Waals surface area contributed by atoms with Crippen LogP contribution < -0.4 is 4.90 Å². The summed E-state index contributed by atoms with van der Waals surface area (Å²) in [7, 11) is 0. The summed E-state index contributed by atoms with van der Waals surface area (Å²) >= 11 is 3.36. The zero-order valence-electron chi connectivity index (χ0n) is 10.2. The molecule has 17 heavy (non-hydrogen) atoms. The molecule has 0 spiro atoms. The molecule has 1 rings (SSSR count). The number of hydrogen-bond acceptors (Lipinski definition) is 4. The zero-order valence-corrected chi connectivity index (χ0v) is 11.8. The SMILES string of the molecule is CC(C)CN(CCC#N)c1ncc(CBr)cn1. The van der Waals surface area contributed by atoms with Crippen LogP contribution >= 0.6 is 15.9 Å². The van der Waals surface area contributed by atoms with E-state index in [1.54, 1.807) is 0 Å². The fourth-order valence-corrected chi connectivity index (χ4v) is 1.77. The highest BCUT2D eigenvalue weighted by molar-refractivity contribution is 9.08. The first-order valence-electron chi connectivity index (χ1n) is 5.66. The van der Waals surface area contributed by atoms with E-state index in [1.165, 1.54) is 0 Å². The van der Waals surface area contributed by atoms with Crippen molar-refractivity contribution in [3.63, 3.8) is 0 Å². The van der Waals surface area contributed by atoms with Gasteiger partial charge in [0.25, 0.3) is 0 Å². The predicted octanol–water partition coefficient (Wildman–Crippen LogP) is 2.75. The molecule has 1 heterocycles. The number of hydrogen-bond donors (Lipinski definition) is 0. The van der Waals surface area contributed by atoms with Crippen LogP contribution in [0.1, 0.15) is 25.8 Å². The number of nitrogens with zero attached hydrogens (tertiary/aromatic N) is 4. The van der Waals surface area contributed by atoms with E-state index in [0.29, 0.717) is 24.8 Å². The minimum Gasteiger partial charge on any atom is -0.340 e. The Balaban J connectivity index is 2.76. The maximum absolute atomic E-state index is 8.65. The molecule has 1 aromatic heterocycles. The van der Waals surface area contributed by atoms with Crippen LogP contribution in [0.25, 0.3) is 0 Å². The second-order valence-corrected chi connectivity index (χ2v) is 4.83. The molecule has 92 valence electrons. The van der Waals surface area contributed by atoms with E-state index in [0.717, 1.165) is 17.4 Å². The summed E-state index contributed by atoms with van der Waals surface area (Å²) in [6.07, 6.45) is 4.13. The van der Waals surface area contributed by atoms with Crippen LogP contribution in [0.2, 0.25) is 0 Å². The van der Waals surface area contributed by atoms with Crippen LogP contribution in [-0.4, -0.2) is 23.1 Å². The van der Waals surface area contributed by atoms with E-state index in [-0.39, 0.29) is 0 Å². The summed E-state index contributed by atoms with van der Waals surface area (Å²) in [4.78, 5) is 10.7. The monoisotopic (exact) mass is 296 g/mol. The Kier molecular flexibility index (Phi) is 5.92. The molecule has 0 aliphatic carbocycles. The van der Waals surface area contributed by atoms with Crippen LogP contribution in [0.5, 0.6) is 0 Å². The van der Waals surface area contributed by atoms with Crippen molar-refractivity contribution in [2.75, 3.05) is 18.0 Å². The molecule has 4 nitrogen and oxygen atoms in total. The smallest absolute Gasteiger partial charge is 0.225 e. The van der Waals surface area contributed by atoms with E-state index >= 15 is 0 Å². The molecule has 0 unspecified atom stereocenters. The van der Waals surface area contributed by atoms with Crippen molar-refractivity contribution in [1.82, 2.24) is 9.97 Å². The van der Waals surface area contributed by atoms with Crippen molar-refractivity contribution in [3.05, 3.63) is 18.0 Å². The Labute approximate surface area is 111 Å². The van der Waals surface area contributed by atoms with Gasteiger partial charge in [-0.05, 0) is 11.5 Å². The van der Waals surface area contributed by atoms with Gasteiger partial charge in [0.1, 0.15) is 0 Å². The van der Waals surface area contributed by atoms with E-state index < -0.39 is 0 Å². The largest absolute Gasteiger partial charge is 0.340 e. The molecule has 0 N–H and O–H groups in total. The summed E-state index contributed by atoms with van der Waals surface area (Å²) in [6, 6.07) is 2.16. The number of rotatable bonds is 6. The van der Waals surface area contributed by atoms with Crippen molar-refractivity contribution < 1.29 is 0 Å². The fourth-order valence-electron chi connectivity index (χ4n) is 1.48. The highest BCUT2D eigenvalue weighted by Crippen LogP contribution is 2.11. The summed E-state index contributed by atoms with van der Waals surface area (Å²) < 4.78 is 0. The molecule has 0 aliphatic heterocycles. The second kappa shape index (κ2) is 7.23. The quantitative estimate of drug-likeness (QED) is 0.758. The third-order valence-corrected chi connectivity index (χ3v) is 2.86. The molecule has 0 atom stereocenters. The average molecular weight is 297 g/mol. The van der Waals surface area contributed by atoms with Crippen LogP contribution in [-0.2, 0) is 5.33 Å². The third kappa shape index (κ3) is 4.70. The molecule has 0 radical (unpaired) electrons. The van der Waals surface area contributed by atoms with Crippen LogP contribution in [0.3, 0.4) is 0 Å². The number of anilines is 1. The van der Waals surface area contributed by atoms with Crippen molar-refractivity contribution >= 4 is 21.9 Å². The van der Waals surface area contributed by atoms with Gasteiger partial charge in [0.15, 0.2) is 0 Å². The van der Waals surface area contributed by atoms with Gasteiger partial charge in [0.2, 0.25) is 5.95 Å². The molecule has 0 aromatic carbocycles. The Bertz CT molecular complexity index is 369. The van der Waals surface area contributed by atoms with Gasteiger partial charge in [-0.3, -0.25) is 0 Å². The summed E-state index contributed by atoms with van der Waals surface area (Å²) in [5.74, 6) is 1.23. The van der Waals surface area contributed by atoms with Gasteiger partial charge in [-0.1, -0.05) is 29.8 Å². The molecular formula is C12H17BrN4. The first-order chi connectivity index (χ1) is 8.17. The standard InChI is InChI=1S/C12H17BrN4/c1-10(2)9-17(5-3-4-14)12-15-7-11(6-13)8-16-12/h7-8,10H,3,5-6,9H2,1-2H3. The fraction of sp³-hybridized carbons (Fsp3) is 0.583. The number of halogens is 1. The van der Waals surface area contributed by atoms with Gasteiger partial charge >= 0.3 is 0 Å². The van der Waals surface area contributed by atoms with Crippen LogP contribution in [0.4, 0.5) is 5.95 Å². The van der Waals surface area contributed by atoms with Gasteiger partial charge in [-0.25, -0.2) is 9.97 Å². The van der Waals surface area contributed by atoms with Crippen molar-refractivity contribution in [3.8, 4) is 6.07 Å². The second-order valence-electron chi connectivity index (χ2n) is 4.27. The third-order valence-electron chi connectivity index (χ3n) is 2.21. The Hall–Kier alpha value is -1.15. The number of aromatic nitrogens is 2. The lowest BCUT2D eigenvalue weighted by molar-refractivity contribution is 0.602. The molecule has 0 bridgehead atoms. The normalized spacial score (nSPS) is 10.3. The average Bonchev–Trinajstić information content (AvgIpc) is 2.34. The lowest BCUT2D eigenvalue weighted by Crippen LogP contribution is -2.30. The van der Waals surface area contributed by atoms with E-state index in [4.69, 9.17) is 5.26 Å². The molecular weight excluding hydrogens is 280 g/mol. The van der Waals surface area contributed by atoms with Crippen LogP contribution in [0, 0.1) is 17.2 Å². The van der Waals surface area contributed by atoms with Gasteiger partial charge in [0, 0.05) is 30.8 Å². The molecule has 0 aliphatic rings. The van der Waals surface area contributed by atoms with E-state index in [2.05, 4.69) is 50.7 Å². The van der Waals surface area contributed by atoms with Crippen LogP contribution in [0.15, 0.2) is 12.4 Å². The Morgan fingerprint density at radius 2 is 2.06 bits per heavy atom. The summed E-state index contributed by atoms with van der Waals surface area (Å²) in [5.41, 5.74) is 1.05. The van der Waals surface area contributed by atoms with Gasteiger partial charge in [-0.15, -0.1) is 0 Å². The molecule has 1 aromatic rings. The molecule has 0 saturated carbocycles. The van der Waals surface area contributed by atoms with Crippen molar-refractivity contribution in [1.29, 1.82) is 5.26 Å². The lowest BCUT2D eigenvalue weighted by atomic mass is 10.2. The maximum atomic E-state index is 8.65. The lowest BCUT2D eigenvalue weighted by Gasteiger charge is -2.23. The molecule has 0 amide bonds. The summed E-state index contributed by atoms with van der Waals surface area (Å²) in [5, 5.41) is 9.41. The molecule has 5 heteroatoms. The first kappa shape index (κ1) is 13.9. The number of nitriles is 1. The van der Waals surface area contributed by atoms with Crippen molar-refractivity contribution in [2.45, 2.75) is 25.6 Å².